The Bertz CT molecular complexity index is 1010. The van der Waals surface area contributed by atoms with E-state index in [9.17, 15) is 18.3 Å². The average Bonchev–Trinajstić information content (AvgIpc) is 3.17. The second kappa shape index (κ2) is 8.34. The topological polar surface area (TPSA) is 95.5 Å². The number of benzene rings is 2. The summed E-state index contributed by atoms with van der Waals surface area (Å²) < 4.78 is 27.2. The number of rotatable bonds is 7. The second-order valence-electron chi connectivity index (χ2n) is 5.72. The van der Waals surface area contributed by atoms with Gasteiger partial charge in [0.2, 0.25) is 10.0 Å². The van der Waals surface area contributed by atoms with Crippen LogP contribution in [-0.2, 0) is 16.4 Å². The molecule has 6 nitrogen and oxygen atoms in total. The highest BCUT2D eigenvalue weighted by Gasteiger charge is 2.15. The number of amides is 1. The molecule has 0 saturated heterocycles. The first-order valence-electron chi connectivity index (χ1n) is 8.17. The number of anilines is 1. The maximum Gasteiger partial charge on any atom is 0.255 e. The summed E-state index contributed by atoms with van der Waals surface area (Å²) >= 11 is 1.58. The molecule has 0 radical (unpaired) electrons. The fraction of sp³-hybridized carbons (Fsp3) is 0.105. The molecule has 140 valence electrons. The molecule has 0 unspecified atom stereocenters. The Morgan fingerprint density at radius 3 is 2.41 bits per heavy atom. The van der Waals surface area contributed by atoms with Gasteiger partial charge >= 0.3 is 0 Å². The predicted octanol–water partition coefficient (Wildman–Crippen LogP) is 3.23. The van der Waals surface area contributed by atoms with Crippen LogP contribution in [0.15, 0.2) is 70.9 Å². The maximum atomic E-state index is 12.3. The number of nitrogens with one attached hydrogen (secondary N) is 2. The van der Waals surface area contributed by atoms with Crippen molar-refractivity contribution >= 4 is 33.0 Å². The number of para-hydroxylation sites is 2. The molecular weight excluding hydrogens is 384 g/mol. The van der Waals surface area contributed by atoms with Gasteiger partial charge in [0.1, 0.15) is 5.75 Å². The molecule has 0 saturated carbocycles. The molecule has 1 amide bonds. The lowest BCUT2D eigenvalue weighted by atomic mass is 10.2. The van der Waals surface area contributed by atoms with Crippen LogP contribution in [0.4, 0.5) is 5.69 Å². The summed E-state index contributed by atoms with van der Waals surface area (Å²) in [4.78, 5) is 13.4. The van der Waals surface area contributed by atoms with Crippen molar-refractivity contribution in [1.82, 2.24) is 4.72 Å². The van der Waals surface area contributed by atoms with Gasteiger partial charge in [-0.15, -0.1) is 11.3 Å². The van der Waals surface area contributed by atoms with Crippen LogP contribution in [0.3, 0.4) is 0 Å². The van der Waals surface area contributed by atoms with Gasteiger partial charge in [0.05, 0.1) is 10.6 Å². The van der Waals surface area contributed by atoms with Gasteiger partial charge in [-0.05, 0) is 54.3 Å². The lowest BCUT2D eigenvalue weighted by Gasteiger charge is -2.09. The largest absolute Gasteiger partial charge is 0.506 e. The zero-order valence-electron chi connectivity index (χ0n) is 14.3. The Morgan fingerprint density at radius 1 is 1.00 bits per heavy atom. The van der Waals surface area contributed by atoms with Crippen molar-refractivity contribution < 1.29 is 18.3 Å². The van der Waals surface area contributed by atoms with Crippen LogP contribution in [0.5, 0.6) is 5.75 Å². The van der Waals surface area contributed by atoms with E-state index in [1.165, 1.54) is 30.3 Å². The molecule has 3 N–H and O–H groups in total. The van der Waals surface area contributed by atoms with E-state index >= 15 is 0 Å². The number of hydrogen-bond donors (Lipinski definition) is 3. The molecule has 2 aromatic carbocycles. The first-order valence-corrected chi connectivity index (χ1v) is 10.5. The van der Waals surface area contributed by atoms with Crippen LogP contribution in [-0.4, -0.2) is 26.0 Å². The van der Waals surface area contributed by atoms with Crippen LogP contribution in [0, 0.1) is 0 Å². The average molecular weight is 402 g/mol. The van der Waals surface area contributed by atoms with E-state index in [1.54, 1.807) is 29.5 Å². The maximum absolute atomic E-state index is 12.3. The first kappa shape index (κ1) is 19.1. The molecule has 0 bridgehead atoms. The standard InChI is InChI=1S/C19H18N2O4S2/c22-18-6-2-1-5-17(18)21-19(23)14-7-9-16(10-8-14)27(24,25)20-12-11-15-4-3-13-26-15/h1-10,13,20,22H,11-12H2,(H,21,23). The Morgan fingerprint density at radius 2 is 1.74 bits per heavy atom. The minimum atomic E-state index is -3.64. The SMILES string of the molecule is O=C(Nc1ccccc1O)c1ccc(S(=O)(=O)NCCc2cccs2)cc1. The molecule has 0 aliphatic rings. The van der Waals surface area contributed by atoms with E-state index in [1.807, 2.05) is 17.5 Å². The zero-order valence-corrected chi connectivity index (χ0v) is 15.9. The van der Waals surface area contributed by atoms with Gasteiger partial charge in [-0.1, -0.05) is 18.2 Å². The number of phenolic OH excluding ortho intramolecular Hbond substituents is 1. The Kier molecular flexibility index (Phi) is 5.90. The van der Waals surface area contributed by atoms with Crippen LogP contribution >= 0.6 is 11.3 Å². The quantitative estimate of drug-likeness (QED) is 0.529. The molecule has 1 heterocycles. The number of phenols is 1. The summed E-state index contributed by atoms with van der Waals surface area (Å²) in [6.07, 6.45) is 0.623. The fourth-order valence-corrected chi connectivity index (χ4v) is 4.15. The lowest BCUT2D eigenvalue weighted by molar-refractivity contribution is 0.102. The molecule has 0 aliphatic carbocycles. The van der Waals surface area contributed by atoms with Crippen LogP contribution in [0.2, 0.25) is 0 Å². The third-order valence-electron chi connectivity index (χ3n) is 3.82. The fourth-order valence-electron chi connectivity index (χ4n) is 2.41. The van der Waals surface area contributed by atoms with Gasteiger partial charge in [-0.25, -0.2) is 13.1 Å². The number of carbonyl (C=O) groups is 1. The van der Waals surface area contributed by atoms with Crippen molar-refractivity contribution in [2.75, 3.05) is 11.9 Å². The van der Waals surface area contributed by atoms with E-state index in [-0.39, 0.29) is 21.9 Å². The number of sulfonamides is 1. The van der Waals surface area contributed by atoms with Gasteiger partial charge < -0.3 is 10.4 Å². The zero-order chi connectivity index (χ0) is 19.3. The van der Waals surface area contributed by atoms with Gasteiger partial charge in [-0.2, -0.15) is 0 Å². The summed E-state index contributed by atoms with van der Waals surface area (Å²) in [5, 5.41) is 14.2. The van der Waals surface area contributed by atoms with Crippen molar-refractivity contribution in [2.24, 2.45) is 0 Å². The Hall–Kier alpha value is -2.68. The molecule has 8 heteroatoms. The van der Waals surface area contributed by atoms with E-state index in [0.29, 0.717) is 13.0 Å². The third-order valence-corrected chi connectivity index (χ3v) is 6.24. The highest BCUT2D eigenvalue weighted by atomic mass is 32.2. The van der Waals surface area contributed by atoms with Crippen molar-refractivity contribution in [3.63, 3.8) is 0 Å². The summed E-state index contributed by atoms with van der Waals surface area (Å²) in [6, 6.07) is 15.9. The number of aromatic hydroxyl groups is 1. The monoisotopic (exact) mass is 402 g/mol. The van der Waals surface area contributed by atoms with Gasteiger partial charge in [0.25, 0.3) is 5.91 Å². The minimum Gasteiger partial charge on any atom is -0.506 e. The molecular formula is C19H18N2O4S2. The van der Waals surface area contributed by atoms with Crippen molar-refractivity contribution in [3.05, 3.63) is 76.5 Å². The molecule has 1 aromatic heterocycles. The van der Waals surface area contributed by atoms with Crippen LogP contribution in [0.25, 0.3) is 0 Å². The summed E-state index contributed by atoms with van der Waals surface area (Å²) in [5.41, 5.74) is 0.574. The van der Waals surface area contributed by atoms with Crippen LogP contribution < -0.4 is 10.0 Å². The Labute approximate surface area is 161 Å². The molecule has 27 heavy (non-hydrogen) atoms. The second-order valence-corrected chi connectivity index (χ2v) is 8.52. The molecule has 0 spiro atoms. The Balaban J connectivity index is 1.63. The highest BCUT2D eigenvalue weighted by molar-refractivity contribution is 7.89. The predicted molar refractivity (Wildman–Crippen MR) is 106 cm³/mol. The van der Waals surface area contributed by atoms with Gasteiger partial charge in [0, 0.05) is 17.0 Å². The van der Waals surface area contributed by atoms with Crippen molar-refractivity contribution in [3.8, 4) is 5.75 Å². The third kappa shape index (κ3) is 4.94. The van der Waals surface area contributed by atoms with Crippen LogP contribution in [0.1, 0.15) is 15.2 Å². The normalized spacial score (nSPS) is 11.3. The molecule has 0 aliphatic heterocycles. The minimum absolute atomic E-state index is 0.0417. The van der Waals surface area contributed by atoms with E-state index in [2.05, 4.69) is 10.0 Å². The number of hydrogen-bond acceptors (Lipinski definition) is 5. The summed E-state index contributed by atoms with van der Waals surface area (Å²) in [7, 11) is -3.64. The molecule has 3 aromatic rings. The number of thiophene rings is 1. The van der Waals surface area contributed by atoms with Crippen molar-refractivity contribution in [1.29, 1.82) is 0 Å². The lowest BCUT2D eigenvalue weighted by Crippen LogP contribution is -2.26. The molecule has 3 rings (SSSR count). The number of carbonyl (C=O) groups excluding carboxylic acids is 1. The summed E-state index contributed by atoms with van der Waals surface area (Å²) in [6.45, 7) is 0.304. The van der Waals surface area contributed by atoms with E-state index < -0.39 is 15.9 Å². The first-order chi connectivity index (χ1) is 13.0. The highest BCUT2D eigenvalue weighted by Crippen LogP contribution is 2.22. The van der Waals surface area contributed by atoms with Gasteiger partial charge in [-0.3, -0.25) is 4.79 Å². The molecule has 0 atom stereocenters. The smallest absolute Gasteiger partial charge is 0.255 e. The summed E-state index contributed by atoms with van der Waals surface area (Å²) in [5.74, 6) is -0.480. The van der Waals surface area contributed by atoms with Gasteiger partial charge in [0.15, 0.2) is 0 Å². The molecule has 0 fully saturated rings. The van der Waals surface area contributed by atoms with E-state index in [0.717, 1.165) is 4.88 Å². The van der Waals surface area contributed by atoms with Crippen molar-refractivity contribution in [2.45, 2.75) is 11.3 Å². The van der Waals surface area contributed by atoms with E-state index in [4.69, 9.17) is 0 Å².